The van der Waals surface area contributed by atoms with E-state index in [9.17, 15) is 36.7 Å². The normalized spacial score (nSPS) is 19.4. The molecule has 5 amide bonds. The van der Waals surface area contributed by atoms with Gasteiger partial charge in [0.2, 0.25) is 11.5 Å². The van der Waals surface area contributed by atoms with Crippen molar-refractivity contribution < 1.29 is 41.5 Å². The second kappa shape index (κ2) is 10.5. The number of imide groups is 1. The van der Waals surface area contributed by atoms with Gasteiger partial charge >= 0.3 is 18.3 Å². The Labute approximate surface area is 221 Å². The minimum Gasteiger partial charge on any atom is -0.427 e. The highest BCUT2D eigenvalue weighted by Gasteiger charge is 2.57. The van der Waals surface area contributed by atoms with E-state index in [1.807, 2.05) is 0 Å². The van der Waals surface area contributed by atoms with E-state index in [4.69, 9.17) is 4.74 Å². The van der Waals surface area contributed by atoms with Gasteiger partial charge < -0.3 is 20.3 Å². The van der Waals surface area contributed by atoms with Crippen LogP contribution < -0.4 is 10.6 Å². The van der Waals surface area contributed by atoms with Crippen molar-refractivity contribution >= 4 is 29.6 Å². The predicted molar refractivity (Wildman–Crippen MR) is 130 cm³/mol. The summed E-state index contributed by atoms with van der Waals surface area (Å²) in [4.78, 5) is 52.2. The number of hydrogen-bond donors (Lipinski definition) is 2. The molecule has 2 aromatic rings. The van der Waals surface area contributed by atoms with Crippen molar-refractivity contribution in [3.05, 3.63) is 65.0 Å². The molecule has 1 unspecified atom stereocenters. The molecule has 1 saturated heterocycles. The zero-order valence-electron chi connectivity index (χ0n) is 21.1. The van der Waals surface area contributed by atoms with E-state index in [0.717, 1.165) is 19.1 Å². The molecule has 2 N–H and O–H groups in total. The average molecular weight is 551 g/mol. The second-order valence-electron chi connectivity index (χ2n) is 9.38. The van der Waals surface area contributed by atoms with E-state index in [-0.39, 0.29) is 12.0 Å². The number of rotatable bonds is 6. The van der Waals surface area contributed by atoms with Crippen molar-refractivity contribution in [2.75, 3.05) is 18.9 Å². The Bertz CT molecular complexity index is 1300. The number of fused-ring (bicyclic) bond motifs is 2. The number of carbonyl (C=O) groups excluding carboxylic acids is 4. The van der Waals surface area contributed by atoms with Crippen LogP contribution in [0.4, 0.5) is 32.8 Å². The molecule has 2 aliphatic rings. The first-order valence-corrected chi connectivity index (χ1v) is 12.1. The maximum absolute atomic E-state index is 13.6. The van der Waals surface area contributed by atoms with Gasteiger partial charge in [0.05, 0.1) is 0 Å². The number of halogens is 4. The zero-order valence-corrected chi connectivity index (χ0v) is 21.1. The molecule has 0 aromatic heterocycles. The molecule has 0 radical (unpaired) electrons. The minimum absolute atomic E-state index is 0.121. The van der Waals surface area contributed by atoms with Gasteiger partial charge in [-0.3, -0.25) is 9.59 Å². The SMILES string of the molecule is CNC(=O)Nc1ccc2c(c1)CCCC21OC(=O)N(CC(=O)N(Cc2ccc(F)cc2)[C@@H](C)C(F)(F)F)C1=O. The summed E-state index contributed by atoms with van der Waals surface area (Å²) in [5.74, 6) is -2.58. The van der Waals surface area contributed by atoms with Gasteiger partial charge in [0.25, 0.3) is 5.91 Å². The van der Waals surface area contributed by atoms with Gasteiger partial charge in [0.1, 0.15) is 18.4 Å². The molecule has 1 aliphatic carbocycles. The predicted octanol–water partition coefficient (Wildman–Crippen LogP) is 4.07. The third kappa shape index (κ3) is 5.52. The van der Waals surface area contributed by atoms with Crippen molar-refractivity contribution in [3.8, 4) is 0 Å². The summed E-state index contributed by atoms with van der Waals surface area (Å²) in [5.41, 5.74) is -0.0144. The smallest absolute Gasteiger partial charge is 0.418 e. The fraction of sp³-hybridized carbons (Fsp3) is 0.385. The molecular formula is C26H26F4N4O5. The molecule has 1 spiro atoms. The summed E-state index contributed by atoms with van der Waals surface area (Å²) >= 11 is 0. The number of nitrogens with zero attached hydrogens (tertiary/aromatic N) is 2. The van der Waals surface area contributed by atoms with E-state index in [0.29, 0.717) is 39.5 Å². The van der Waals surface area contributed by atoms with Crippen LogP contribution >= 0.6 is 0 Å². The number of benzene rings is 2. The maximum atomic E-state index is 13.6. The van der Waals surface area contributed by atoms with Crippen LogP contribution in [0.3, 0.4) is 0 Å². The summed E-state index contributed by atoms with van der Waals surface area (Å²) in [6, 6.07) is 6.62. The van der Waals surface area contributed by atoms with Crippen molar-refractivity contribution in [2.45, 2.75) is 50.6 Å². The fourth-order valence-electron chi connectivity index (χ4n) is 4.77. The van der Waals surface area contributed by atoms with Crippen LogP contribution in [0.2, 0.25) is 0 Å². The van der Waals surface area contributed by atoms with Crippen LogP contribution in [0.25, 0.3) is 0 Å². The van der Waals surface area contributed by atoms with E-state index < -0.39 is 60.7 Å². The van der Waals surface area contributed by atoms with Gasteiger partial charge in [-0.05, 0) is 55.2 Å². The quantitative estimate of drug-likeness (QED) is 0.528. The highest BCUT2D eigenvalue weighted by molar-refractivity contribution is 6.06. The minimum atomic E-state index is -4.80. The number of ether oxygens (including phenoxy) is 1. The van der Waals surface area contributed by atoms with E-state index in [1.165, 1.54) is 25.2 Å². The number of anilines is 1. The summed E-state index contributed by atoms with van der Waals surface area (Å²) in [6.45, 7) is -0.701. The van der Waals surface area contributed by atoms with Crippen LogP contribution in [0.5, 0.6) is 0 Å². The molecule has 2 atom stereocenters. The molecule has 13 heteroatoms. The number of nitrogens with one attached hydrogen (secondary N) is 2. The number of carbonyl (C=O) groups is 4. The lowest BCUT2D eigenvalue weighted by Crippen LogP contribution is -2.51. The lowest BCUT2D eigenvalue weighted by atomic mass is 9.78. The molecule has 39 heavy (non-hydrogen) atoms. The second-order valence-corrected chi connectivity index (χ2v) is 9.38. The highest BCUT2D eigenvalue weighted by atomic mass is 19.4. The molecule has 208 valence electrons. The Balaban J connectivity index is 1.59. The molecule has 0 saturated carbocycles. The van der Waals surface area contributed by atoms with Crippen molar-refractivity contribution in [2.24, 2.45) is 0 Å². The Kier molecular flexibility index (Phi) is 7.53. The molecular weight excluding hydrogens is 524 g/mol. The first-order chi connectivity index (χ1) is 18.4. The first kappa shape index (κ1) is 27.9. The summed E-state index contributed by atoms with van der Waals surface area (Å²) in [5, 5.41) is 5.04. The third-order valence-electron chi connectivity index (χ3n) is 6.89. The molecule has 4 rings (SSSR count). The number of aryl methyl sites for hydroxylation is 1. The topological polar surface area (TPSA) is 108 Å². The van der Waals surface area contributed by atoms with E-state index >= 15 is 0 Å². The van der Waals surface area contributed by atoms with Crippen LogP contribution in [0.15, 0.2) is 42.5 Å². The highest BCUT2D eigenvalue weighted by Crippen LogP contribution is 2.44. The van der Waals surface area contributed by atoms with Gasteiger partial charge in [0, 0.05) is 31.3 Å². The summed E-state index contributed by atoms with van der Waals surface area (Å²) < 4.78 is 59.7. The maximum Gasteiger partial charge on any atom is 0.418 e. The molecule has 2 aromatic carbocycles. The Hall–Kier alpha value is -4.16. The van der Waals surface area contributed by atoms with Gasteiger partial charge in [0.15, 0.2) is 0 Å². The number of urea groups is 1. The number of hydrogen-bond acceptors (Lipinski definition) is 5. The van der Waals surface area contributed by atoms with Crippen molar-refractivity contribution in [1.29, 1.82) is 0 Å². The Morgan fingerprint density at radius 1 is 1.15 bits per heavy atom. The van der Waals surface area contributed by atoms with Crippen molar-refractivity contribution in [3.63, 3.8) is 0 Å². The molecule has 0 bridgehead atoms. The summed E-state index contributed by atoms with van der Waals surface area (Å²) in [7, 11) is 1.45. The lowest BCUT2D eigenvalue weighted by Gasteiger charge is -2.33. The average Bonchev–Trinajstić information content (AvgIpc) is 3.11. The molecule has 1 heterocycles. The summed E-state index contributed by atoms with van der Waals surface area (Å²) in [6.07, 6.45) is -4.85. The number of amides is 5. The first-order valence-electron chi connectivity index (χ1n) is 12.1. The van der Waals surface area contributed by atoms with Crippen LogP contribution in [-0.2, 0) is 32.9 Å². The molecule has 1 aliphatic heterocycles. The van der Waals surface area contributed by atoms with Gasteiger partial charge in [-0.25, -0.2) is 18.9 Å². The monoisotopic (exact) mass is 550 g/mol. The van der Waals surface area contributed by atoms with Crippen molar-refractivity contribution in [1.82, 2.24) is 15.1 Å². The lowest BCUT2D eigenvalue weighted by molar-refractivity contribution is -0.187. The van der Waals surface area contributed by atoms with Crippen LogP contribution in [0, 0.1) is 5.82 Å². The van der Waals surface area contributed by atoms with Gasteiger partial charge in [-0.15, -0.1) is 0 Å². The van der Waals surface area contributed by atoms with Crippen LogP contribution in [0.1, 0.15) is 36.5 Å². The standard InChI is InChI=1S/C26H26F4N4O5/c1-15(26(28,29)30)33(13-16-5-7-18(27)8-6-16)21(35)14-34-22(36)25(39-24(34)38)11-3-4-17-12-19(9-10-20(17)25)32-23(37)31-2/h5-10,12,15H,3-4,11,13-14H2,1-2H3,(H2,31,32,37)/t15-,25?/m0/s1. The van der Waals surface area contributed by atoms with Crippen LogP contribution in [-0.4, -0.2) is 59.5 Å². The molecule has 1 fully saturated rings. The third-order valence-corrected chi connectivity index (χ3v) is 6.89. The van der Waals surface area contributed by atoms with Gasteiger partial charge in [-0.1, -0.05) is 18.2 Å². The fourth-order valence-corrected chi connectivity index (χ4v) is 4.77. The zero-order chi connectivity index (χ0) is 28.5. The number of alkyl halides is 3. The molecule has 9 nitrogen and oxygen atoms in total. The van der Waals surface area contributed by atoms with E-state index in [1.54, 1.807) is 12.1 Å². The Morgan fingerprint density at radius 2 is 1.85 bits per heavy atom. The Morgan fingerprint density at radius 3 is 2.49 bits per heavy atom. The van der Waals surface area contributed by atoms with Gasteiger partial charge in [-0.2, -0.15) is 13.2 Å². The van der Waals surface area contributed by atoms with E-state index in [2.05, 4.69) is 10.6 Å². The largest absolute Gasteiger partial charge is 0.427 e.